The zero-order chi connectivity index (χ0) is 12.9. The summed E-state index contributed by atoms with van der Waals surface area (Å²) in [5.41, 5.74) is 0. The highest BCUT2D eigenvalue weighted by Gasteiger charge is 2.32. The molecule has 0 aromatic carbocycles. The lowest BCUT2D eigenvalue weighted by molar-refractivity contribution is 0.405. The van der Waals surface area contributed by atoms with Gasteiger partial charge in [0.05, 0.1) is 0 Å². The summed E-state index contributed by atoms with van der Waals surface area (Å²) in [5.74, 6) is 0. The Balaban J connectivity index is 2.54. The van der Waals surface area contributed by atoms with Crippen molar-refractivity contribution in [3.63, 3.8) is 0 Å². The predicted molar refractivity (Wildman–Crippen MR) is 78.2 cm³/mol. The molecule has 4 heteroatoms. The van der Waals surface area contributed by atoms with E-state index in [9.17, 15) is 0 Å². The van der Waals surface area contributed by atoms with Gasteiger partial charge in [-0.25, -0.2) is 0 Å². The number of nitrogens with one attached hydrogen (secondary N) is 3. The van der Waals surface area contributed by atoms with E-state index >= 15 is 0 Å². The van der Waals surface area contributed by atoms with Gasteiger partial charge in [0.15, 0.2) is 0 Å². The summed E-state index contributed by atoms with van der Waals surface area (Å²) >= 11 is 0. The lowest BCUT2D eigenvalue weighted by atomic mass is 9.96. The average Bonchev–Trinajstić information content (AvgIpc) is 2.15. The van der Waals surface area contributed by atoms with Crippen LogP contribution in [0, 0.1) is 0 Å². The molecule has 1 fully saturated rings. The molecule has 3 nitrogen and oxygen atoms in total. The molecule has 0 spiro atoms. The number of rotatable bonds is 6. The van der Waals surface area contributed by atoms with E-state index in [1.807, 2.05) is 0 Å². The van der Waals surface area contributed by atoms with Gasteiger partial charge < -0.3 is 14.9 Å². The van der Waals surface area contributed by atoms with Gasteiger partial charge in [-0.05, 0) is 31.5 Å². The van der Waals surface area contributed by atoms with Gasteiger partial charge in [0.1, 0.15) is 0 Å². The summed E-state index contributed by atoms with van der Waals surface area (Å²) in [6.07, 6.45) is 6.91. The molecule has 1 rings (SSSR count). The molecule has 0 bridgehead atoms. The van der Waals surface area contributed by atoms with Crippen molar-refractivity contribution >= 4 is 8.56 Å². The summed E-state index contributed by atoms with van der Waals surface area (Å²) in [7, 11) is -1.71. The summed E-state index contributed by atoms with van der Waals surface area (Å²) in [4.78, 5) is 11.4. The number of hydrogen-bond donors (Lipinski definition) is 3. The van der Waals surface area contributed by atoms with Crippen molar-refractivity contribution in [1.82, 2.24) is 14.9 Å². The Morgan fingerprint density at radius 1 is 0.882 bits per heavy atom. The van der Waals surface area contributed by atoms with E-state index in [1.165, 1.54) is 32.1 Å². The van der Waals surface area contributed by atoms with Crippen molar-refractivity contribution in [2.75, 3.05) is 0 Å². The highest BCUT2D eigenvalue weighted by atomic mass is 28.4. The van der Waals surface area contributed by atoms with Crippen molar-refractivity contribution in [2.24, 2.45) is 0 Å². The fraction of sp³-hybridized carbons (Fsp3) is 1.00. The molecule has 0 heterocycles. The second-order valence-electron chi connectivity index (χ2n) is 6.20. The molecule has 0 amide bonds. The fourth-order valence-electron chi connectivity index (χ4n) is 2.93. The van der Waals surface area contributed by atoms with Crippen LogP contribution in [0.3, 0.4) is 0 Å². The molecule has 0 aromatic rings. The molecule has 3 N–H and O–H groups in total. The minimum Gasteiger partial charge on any atom is -0.311 e. The van der Waals surface area contributed by atoms with Crippen LogP contribution < -0.4 is 14.9 Å². The molecule has 1 aliphatic carbocycles. The molecule has 0 aliphatic heterocycles. The third-order valence-corrected chi connectivity index (χ3v) is 6.55. The standard InChI is InChI=1S/C13H31N3Si/c1-11(2)14-17(5,15-12(3)4)16-13-9-7-6-8-10-13/h11-16H,6-10H2,1-5H3. The fourth-order valence-corrected chi connectivity index (χ4v) is 6.60. The van der Waals surface area contributed by atoms with Crippen LogP contribution in [0.2, 0.25) is 6.55 Å². The molecule has 102 valence electrons. The largest absolute Gasteiger partial charge is 0.311 e. The third-order valence-electron chi connectivity index (χ3n) is 3.25. The Hall–Kier alpha value is 0.0969. The lowest BCUT2D eigenvalue weighted by Gasteiger charge is -2.38. The molecule has 0 saturated heterocycles. The minimum absolute atomic E-state index is 0.536. The molecular formula is C13H31N3Si. The van der Waals surface area contributed by atoms with Gasteiger partial charge >= 0.3 is 0 Å². The molecule has 0 aromatic heterocycles. The topological polar surface area (TPSA) is 36.1 Å². The first-order valence-electron chi connectivity index (χ1n) is 7.24. The summed E-state index contributed by atoms with van der Waals surface area (Å²) < 4.78 is 0. The van der Waals surface area contributed by atoms with Crippen LogP contribution in [0.1, 0.15) is 59.8 Å². The zero-order valence-electron chi connectivity index (χ0n) is 12.3. The summed E-state index contributed by atoms with van der Waals surface area (Å²) in [6.45, 7) is 11.3. The maximum absolute atomic E-state index is 3.91. The lowest BCUT2D eigenvalue weighted by Crippen LogP contribution is -2.74. The molecule has 0 radical (unpaired) electrons. The van der Waals surface area contributed by atoms with Gasteiger partial charge in [-0.1, -0.05) is 47.0 Å². The van der Waals surface area contributed by atoms with Crippen molar-refractivity contribution in [1.29, 1.82) is 0 Å². The predicted octanol–water partition coefficient (Wildman–Crippen LogP) is 2.47. The van der Waals surface area contributed by atoms with Crippen LogP contribution >= 0.6 is 0 Å². The molecular weight excluding hydrogens is 226 g/mol. The normalized spacial score (nSPS) is 19.2. The molecule has 17 heavy (non-hydrogen) atoms. The second kappa shape index (κ2) is 6.88. The van der Waals surface area contributed by atoms with E-state index in [0.29, 0.717) is 12.1 Å². The van der Waals surface area contributed by atoms with Crippen molar-refractivity contribution in [2.45, 2.75) is 84.5 Å². The van der Waals surface area contributed by atoms with Crippen LogP contribution in [0.5, 0.6) is 0 Å². The van der Waals surface area contributed by atoms with Gasteiger partial charge in [0.25, 0.3) is 8.56 Å². The second-order valence-corrected chi connectivity index (χ2v) is 9.32. The SMILES string of the molecule is CC(C)N[Si](C)(NC(C)C)NC1CCCCC1. The van der Waals surface area contributed by atoms with E-state index in [2.05, 4.69) is 49.2 Å². The number of hydrogen-bond acceptors (Lipinski definition) is 3. The Bertz CT molecular complexity index is 203. The van der Waals surface area contributed by atoms with E-state index in [4.69, 9.17) is 0 Å². The minimum atomic E-state index is -1.71. The maximum Gasteiger partial charge on any atom is 0.278 e. The van der Waals surface area contributed by atoms with Gasteiger partial charge in [-0.3, -0.25) is 0 Å². The van der Waals surface area contributed by atoms with Crippen LogP contribution in [0.25, 0.3) is 0 Å². The third kappa shape index (κ3) is 6.00. The Kier molecular flexibility index (Phi) is 6.13. The first-order valence-corrected chi connectivity index (χ1v) is 9.74. The van der Waals surface area contributed by atoms with Gasteiger partial charge in [-0.15, -0.1) is 0 Å². The van der Waals surface area contributed by atoms with E-state index in [1.54, 1.807) is 0 Å². The van der Waals surface area contributed by atoms with Gasteiger partial charge in [-0.2, -0.15) is 0 Å². The Labute approximate surface area is 108 Å². The molecule has 1 saturated carbocycles. The monoisotopic (exact) mass is 257 g/mol. The van der Waals surface area contributed by atoms with E-state index in [-0.39, 0.29) is 0 Å². The van der Waals surface area contributed by atoms with Crippen LogP contribution in [0.15, 0.2) is 0 Å². The highest BCUT2D eigenvalue weighted by molar-refractivity contribution is 6.71. The van der Waals surface area contributed by atoms with E-state index < -0.39 is 8.56 Å². The maximum atomic E-state index is 3.91. The van der Waals surface area contributed by atoms with Crippen molar-refractivity contribution in [3.8, 4) is 0 Å². The average molecular weight is 257 g/mol. The molecule has 1 aliphatic rings. The Morgan fingerprint density at radius 2 is 1.35 bits per heavy atom. The van der Waals surface area contributed by atoms with Crippen LogP contribution in [0.4, 0.5) is 0 Å². The first-order chi connectivity index (χ1) is 7.91. The van der Waals surface area contributed by atoms with E-state index in [0.717, 1.165) is 6.04 Å². The van der Waals surface area contributed by atoms with Crippen LogP contribution in [-0.2, 0) is 0 Å². The Morgan fingerprint density at radius 3 is 1.76 bits per heavy atom. The first kappa shape index (κ1) is 15.2. The van der Waals surface area contributed by atoms with Crippen molar-refractivity contribution in [3.05, 3.63) is 0 Å². The van der Waals surface area contributed by atoms with Gasteiger partial charge in [0, 0.05) is 6.04 Å². The molecule has 0 atom stereocenters. The van der Waals surface area contributed by atoms with Crippen molar-refractivity contribution < 1.29 is 0 Å². The summed E-state index contributed by atoms with van der Waals surface area (Å²) in [5, 5.41) is 0. The zero-order valence-corrected chi connectivity index (χ0v) is 13.3. The smallest absolute Gasteiger partial charge is 0.278 e. The quantitative estimate of drug-likeness (QED) is 0.640. The molecule has 0 unspecified atom stereocenters. The van der Waals surface area contributed by atoms with Gasteiger partial charge in [0.2, 0.25) is 0 Å². The van der Waals surface area contributed by atoms with Crippen LogP contribution in [-0.4, -0.2) is 26.7 Å². The highest BCUT2D eigenvalue weighted by Crippen LogP contribution is 2.18. The summed E-state index contributed by atoms with van der Waals surface area (Å²) in [6, 6.07) is 1.79.